The van der Waals surface area contributed by atoms with Gasteiger partial charge in [0.05, 0.1) is 0 Å². The van der Waals surface area contributed by atoms with Crippen LogP contribution in [0.15, 0.2) is 0 Å². The fourth-order valence-electron chi connectivity index (χ4n) is 0.712. The van der Waals surface area contributed by atoms with E-state index in [2.05, 4.69) is 0 Å². The van der Waals surface area contributed by atoms with Gasteiger partial charge in [-0.15, -0.1) is 0 Å². The lowest BCUT2D eigenvalue weighted by Crippen LogP contribution is -2.23. The summed E-state index contributed by atoms with van der Waals surface area (Å²) in [5.74, 6) is 0. The Hall–Kier alpha value is -0.120. The van der Waals surface area contributed by atoms with Crippen molar-refractivity contribution in [3.63, 3.8) is 0 Å². The first-order chi connectivity index (χ1) is 4.31. The van der Waals surface area contributed by atoms with Crippen LogP contribution in [0.25, 0.3) is 0 Å². The highest BCUT2D eigenvalue weighted by molar-refractivity contribution is 4.60. The molecule has 0 aromatic rings. The molecule has 5 N–H and O–H groups in total. The fourth-order valence-corrected chi connectivity index (χ4v) is 0.712. The predicted molar refractivity (Wildman–Crippen MR) is 38.0 cm³/mol. The minimum absolute atomic E-state index is 0.183. The SMILES string of the molecule is NCCC(N)CCCO. The third kappa shape index (κ3) is 5.76. The molecular formula is C6H16N2O. The third-order valence-electron chi connectivity index (χ3n) is 1.27. The Morgan fingerprint density at radius 3 is 2.44 bits per heavy atom. The lowest BCUT2D eigenvalue weighted by Gasteiger charge is -2.07. The third-order valence-corrected chi connectivity index (χ3v) is 1.27. The van der Waals surface area contributed by atoms with Crippen molar-refractivity contribution < 1.29 is 5.11 Å². The first-order valence-electron chi connectivity index (χ1n) is 3.37. The van der Waals surface area contributed by atoms with Crippen LogP contribution in [0.5, 0.6) is 0 Å². The van der Waals surface area contributed by atoms with Crippen LogP contribution in [0.4, 0.5) is 0 Å². The van der Waals surface area contributed by atoms with Gasteiger partial charge in [-0.1, -0.05) is 0 Å². The summed E-state index contributed by atoms with van der Waals surface area (Å²) in [7, 11) is 0. The molecule has 3 nitrogen and oxygen atoms in total. The number of aliphatic hydroxyl groups is 1. The van der Waals surface area contributed by atoms with Gasteiger partial charge in [-0.3, -0.25) is 0 Å². The van der Waals surface area contributed by atoms with Crippen molar-refractivity contribution in [3.8, 4) is 0 Å². The van der Waals surface area contributed by atoms with Gasteiger partial charge >= 0.3 is 0 Å². The zero-order valence-corrected chi connectivity index (χ0v) is 5.71. The molecule has 56 valence electrons. The standard InChI is InChI=1S/C6H16N2O/c7-4-3-6(8)2-1-5-9/h6,9H,1-5,7-8H2. The summed E-state index contributed by atoms with van der Waals surface area (Å²) in [5, 5.41) is 8.40. The van der Waals surface area contributed by atoms with E-state index in [1.807, 2.05) is 0 Å². The molecule has 0 amide bonds. The molecule has 9 heavy (non-hydrogen) atoms. The second-order valence-corrected chi connectivity index (χ2v) is 2.20. The number of aliphatic hydroxyl groups excluding tert-OH is 1. The molecule has 0 rings (SSSR count). The topological polar surface area (TPSA) is 72.3 Å². The van der Waals surface area contributed by atoms with E-state index in [4.69, 9.17) is 16.6 Å². The van der Waals surface area contributed by atoms with Crippen molar-refractivity contribution in [1.82, 2.24) is 0 Å². The van der Waals surface area contributed by atoms with Crippen molar-refractivity contribution in [1.29, 1.82) is 0 Å². The van der Waals surface area contributed by atoms with Crippen molar-refractivity contribution >= 4 is 0 Å². The van der Waals surface area contributed by atoms with E-state index in [9.17, 15) is 0 Å². The monoisotopic (exact) mass is 132 g/mol. The second kappa shape index (κ2) is 6.01. The van der Waals surface area contributed by atoms with Crippen LogP contribution < -0.4 is 11.5 Å². The van der Waals surface area contributed by atoms with Gasteiger partial charge in [0.15, 0.2) is 0 Å². The highest BCUT2D eigenvalue weighted by Gasteiger charge is 1.98. The Labute approximate surface area is 56.0 Å². The highest BCUT2D eigenvalue weighted by Crippen LogP contribution is 1.95. The molecule has 1 atom stereocenters. The van der Waals surface area contributed by atoms with Crippen LogP contribution in [0, 0.1) is 0 Å². The van der Waals surface area contributed by atoms with Crippen LogP contribution in [0.3, 0.4) is 0 Å². The van der Waals surface area contributed by atoms with Gasteiger partial charge in [-0.2, -0.15) is 0 Å². The van der Waals surface area contributed by atoms with Crippen LogP contribution in [0.2, 0.25) is 0 Å². The normalized spacial score (nSPS) is 13.7. The Bertz CT molecular complexity index is 59.0. The van der Waals surface area contributed by atoms with Crippen LogP contribution >= 0.6 is 0 Å². The minimum Gasteiger partial charge on any atom is -0.396 e. The number of hydrogen-bond donors (Lipinski definition) is 3. The molecule has 1 unspecified atom stereocenters. The molecule has 0 bridgehead atoms. The Morgan fingerprint density at radius 2 is 2.00 bits per heavy atom. The zero-order chi connectivity index (χ0) is 7.11. The van der Waals surface area contributed by atoms with Crippen molar-refractivity contribution in [2.24, 2.45) is 11.5 Å². The van der Waals surface area contributed by atoms with Crippen molar-refractivity contribution in [2.75, 3.05) is 13.2 Å². The molecule has 0 heterocycles. The molecular weight excluding hydrogens is 116 g/mol. The maximum Gasteiger partial charge on any atom is 0.0431 e. The predicted octanol–water partition coefficient (Wildman–Crippen LogP) is -0.565. The zero-order valence-electron chi connectivity index (χ0n) is 5.71. The van der Waals surface area contributed by atoms with Crippen LogP contribution in [0.1, 0.15) is 19.3 Å². The van der Waals surface area contributed by atoms with E-state index in [1.165, 1.54) is 0 Å². The molecule has 0 fully saturated rings. The van der Waals surface area contributed by atoms with E-state index in [0.717, 1.165) is 19.3 Å². The second-order valence-electron chi connectivity index (χ2n) is 2.20. The molecule has 0 saturated heterocycles. The molecule has 0 saturated carbocycles. The fraction of sp³-hybridized carbons (Fsp3) is 1.00. The van der Waals surface area contributed by atoms with Gasteiger partial charge in [0.25, 0.3) is 0 Å². The number of hydrogen-bond acceptors (Lipinski definition) is 3. The molecule has 0 spiro atoms. The summed E-state index contributed by atoms with van der Waals surface area (Å²) in [6.45, 7) is 0.880. The summed E-state index contributed by atoms with van der Waals surface area (Å²) in [6.07, 6.45) is 2.54. The quantitative estimate of drug-likeness (QED) is 0.469. The van der Waals surface area contributed by atoms with Gasteiger partial charge < -0.3 is 16.6 Å². The van der Waals surface area contributed by atoms with E-state index < -0.39 is 0 Å². The average Bonchev–Trinajstić information content (AvgIpc) is 1.85. The van der Waals surface area contributed by atoms with Gasteiger partial charge in [0, 0.05) is 12.6 Å². The van der Waals surface area contributed by atoms with E-state index in [0.29, 0.717) is 6.54 Å². The number of nitrogens with two attached hydrogens (primary N) is 2. The van der Waals surface area contributed by atoms with Crippen LogP contribution in [-0.2, 0) is 0 Å². The molecule has 3 heteroatoms. The van der Waals surface area contributed by atoms with Gasteiger partial charge in [0.1, 0.15) is 0 Å². The molecule has 0 aromatic heterocycles. The maximum atomic E-state index is 8.40. The maximum absolute atomic E-state index is 8.40. The Kier molecular flexibility index (Phi) is 5.93. The van der Waals surface area contributed by atoms with Gasteiger partial charge in [-0.05, 0) is 25.8 Å². The largest absolute Gasteiger partial charge is 0.396 e. The number of rotatable bonds is 5. The molecule has 0 aliphatic rings. The lowest BCUT2D eigenvalue weighted by atomic mass is 10.1. The van der Waals surface area contributed by atoms with Gasteiger partial charge in [0.2, 0.25) is 0 Å². The van der Waals surface area contributed by atoms with Gasteiger partial charge in [-0.25, -0.2) is 0 Å². The highest BCUT2D eigenvalue weighted by atomic mass is 16.2. The molecule has 0 radical (unpaired) electrons. The molecule has 0 aromatic carbocycles. The Balaban J connectivity index is 2.95. The first-order valence-corrected chi connectivity index (χ1v) is 3.37. The lowest BCUT2D eigenvalue weighted by molar-refractivity contribution is 0.278. The van der Waals surface area contributed by atoms with E-state index >= 15 is 0 Å². The van der Waals surface area contributed by atoms with E-state index in [1.54, 1.807) is 0 Å². The van der Waals surface area contributed by atoms with E-state index in [-0.39, 0.29) is 12.6 Å². The summed E-state index contributed by atoms with van der Waals surface area (Å²) >= 11 is 0. The summed E-state index contributed by atoms with van der Waals surface area (Å²) in [5.41, 5.74) is 10.8. The summed E-state index contributed by atoms with van der Waals surface area (Å²) in [4.78, 5) is 0. The van der Waals surface area contributed by atoms with Crippen molar-refractivity contribution in [2.45, 2.75) is 25.3 Å². The van der Waals surface area contributed by atoms with Crippen molar-refractivity contribution in [3.05, 3.63) is 0 Å². The molecule has 0 aliphatic carbocycles. The molecule has 0 aliphatic heterocycles. The summed E-state index contributed by atoms with van der Waals surface area (Å²) < 4.78 is 0. The van der Waals surface area contributed by atoms with Crippen LogP contribution in [-0.4, -0.2) is 24.3 Å². The minimum atomic E-state index is 0.183. The Morgan fingerprint density at radius 1 is 1.33 bits per heavy atom. The average molecular weight is 132 g/mol. The first kappa shape index (κ1) is 8.88. The smallest absolute Gasteiger partial charge is 0.0431 e. The summed E-state index contributed by atoms with van der Waals surface area (Å²) in [6, 6.07) is 0.183.